The molecule has 3 aromatic rings. The molecule has 3 heterocycles. The van der Waals surface area contributed by atoms with E-state index in [9.17, 15) is 4.79 Å². The Morgan fingerprint density at radius 2 is 1.72 bits per heavy atom. The molecule has 1 fully saturated rings. The highest BCUT2D eigenvalue weighted by Gasteiger charge is 2.29. The maximum Gasteiger partial charge on any atom is 0.322 e. The van der Waals surface area contributed by atoms with Crippen LogP contribution >= 0.6 is 0 Å². The van der Waals surface area contributed by atoms with Crippen molar-refractivity contribution >= 4 is 17.5 Å². The molecule has 0 spiro atoms. The van der Waals surface area contributed by atoms with Crippen LogP contribution in [0.3, 0.4) is 0 Å². The summed E-state index contributed by atoms with van der Waals surface area (Å²) < 4.78 is 0. The molecule has 2 aliphatic rings. The summed E-state index contributed by atoms with van der Waals surface area (Å²) in [7, 11) is 0. The molecule has 1 N–H and O–H groups in total. The minimum absolute atomic E-state index is 0.0709. The first-order valence-corrected chi connectivity index (χ1v) is 11.4. The molecule has 0 unspecified atom stereocenters. The van der Waals surface area contributed by atoms with Gasteiger partial charge in [-0.25, -0.2) is 14.8 Å². The Morgan fingerprint density at radius 1 is 0.938 bits per heavy atom. The number of carbonyl (C=O) groups is 1. The topological polar surface area (TPSA) is 61.4 Å². The second-order valence-corrected chi connectivity index (χ2v) is 8.76. The SMILES string of the molecule is Cc1ccc(NC(=O)N2CCc3nc(-c4ccccc4)nc(N4CCCC4)c3C2)cc1C. The quantitative estimate of drug-likeness (QED) is 0.642. The van der Waals surface area contributed by atoms with Crippen LogP contribution in [0.15, 0.2) is 48.5 Å². The van der Waals surface area contributed by atoms with E-state index in [1.54, 1.807) is 0 Å². The highest BCUT2D eigenvalue weighted by atomic mass is 16.2. The molecule has 0 bridgehead atoms. The van der Waals surface area contributed by atoms with Gasteiger partial charge in [-0.1, -0.05) is 36.4 Å². The zero-order valence-electron chi connectivity index (χ0n) is 18.8. The van der Waals surface area contributed by atoms with Crippen LogP contribution in [0, 0.1) is 13.8 Å². The lowest BCUT2D eigenvalue weighted by Gasteiger charge is -2.32. The largest absolute Gasteiger partial charge is 0.356 e. The number of carbonyl (C=O) groups excluding carboxylic acids is 1. The third kappa shape index (κ3) is 4.05. The molecule has 2 aliphatic heterocycles. The predicted molar refractivity (Wildman–Crippen MR) is 128 cm³/mol. The minimum Gasteiger partial charge on any atom is -0.356 e. The molecule has 0 aliphatic carbocycles. The van der Waals surface area contributed by atoms with Gasteiger partial charge in [0.05, 0.1) is 12.2 Å². The second-order valence-electron chi connectivity index (χ2n) is 8.76. The molecule has 2 amide bonds. The Bertz CT molecular complexity index is 1140. The van der Waals surface area contributed by atoms with E-state index in [4.69, 9.17) is 9.97 Å². The Morgan fingerprint density at radius 3 is 2.47 bits per heavy atom. The number of hydrogen-bond donors (Lipinski definition) is 1. The first kappa shape index (κ1) is 20.5. The zero-order valence-corrected chi connectivity index (χ0v) is 18.8. The van der Waals surface area contributed by atoms with E-state index in [0.29, 0.717) is 13.1 Å². The first-order valence-electron chi connectivity index (χ1n) is 11.4. The van der Waals surface area contributed by atoms with Crippen LogP contribution in [0.5, 0.6) is 0 Å². The Balaban J connectivity index is 1.43. The number of aryl methyl sites for hydroxylation is 2. The van der Waals surface area contributed by atoms with Crippen LogP contribution in [-0.4, -0.2) is 40.5 Å². The molecule has 0 radical (unpaired) electrons. The van der Waals surface area contributed by atoms with Gasteiger partial charge in [0.2, 0.25) is 0 Å². The fourth-order valence-corrected chi connectivity index (χ4v) is 4.50. The summed E-state index contributed by atoms with van der Waals surface area (Å²) in [4.78, 5) is 27.2. The Kier molecular flexibility index (Phi) is 5.52. The Labute approximate surface area is 189 Å². The number of aromatic nitrogens is 2. The van der Waals surface area contributed by atoms with Gasteiger partial charge in [0.1, 0.15) is 5.82 Å². The zero-order chi connectivity index (χ0) is 22.1. The van der Waals surface area contributed by atoms with Gasteiger partial charge in [0.25, 0.3) is 0 Å². The Hall–Kier alpha value is -3.41. The van der Waals surface area contributed by atoms with Crippen molar-refractivity contribution in [3.05, 3.63) is 70.9 Å². The number of amides is 2. The van der Waals surface area contributed by atoms with Gasteiger partial charge in [-0.15, -0.1) is 0 Å². The lowest BCUT2D eigenvalue weighted by molar-refractivity contribution is 0.206. The van der Waals surface area contributed by atoms with Crippen molar-refractivity contribution in [3.8, 4) is 11.4 Å². The van der Waals surface area contributed by atoms with E-state index in [0.717, 1.165) is 53.7 Å². The van der Waals surface area contributed by atoms with Crippen LogP contribution in [0.1, 0.15) is 35.2 Å². The standard InChI is InChI=1S/C26H29N5O/c1-18-10-11-21(16-19(18)2)27-26(32)31-15-12-23-22(17-31)25(30-13-6-7-14-30)29-24(28-23)20-8-4-3-5-9-20/h3-5,8-11,16H,6-7,12-15,17H2,1-2H3,(H,27,32). The van der Waals surface area contributed by atoms with E-state index in [1.165, 1.54) is 24.0 Å². The highest BCUT2D eigenvalue weighted by molar-refractivity contribution is 5.89. The average Bonchev–Trinajstić information content (AvgIpc) is 3.36. The van der Waals surface area contributed by atoms with Crippen LogP contribution in [0.25, 0.3) is 11.4 Å². The lowest BCUT2D eigenvalue weighted by atomic mass is 10.0. The summed E-state index contributed by atoms with van der Waals surface area (Å²) in [6.45, 7) is 7.33. The van der Waals surface area contributed by atoms with Gasteiger partial charge >= 0.3 is 6.03 Å². The van der Waals surface area contributed by atoms with E-state index < -0.39 is 0 Å². The van der Waals surface area contributed by atoms with Gasteiger partial charge in [0.15, 0.2) is 5.82 Å². The van der Waals surface area contributed by atoms with Gasteiger partial charge in [0, 0.05) is 42.9 Å². The summed E-state index contributed by atoms with van der Waals surface area (Å²) in [5.41, 5.74) is 6.41. The number of benzene rings is 2. The monoisotopic (exact) mass is 427 g/mol. The third-order valence-corrected chi connectivity index (χ3v) is 6.52. The number of nitrogens with one attached hydrogen (secondary N) is 1. The molecule has 164 valence electrons. The second kappa shape index (κ2) is 8.61. The molecule has 2 aromatic carbocycles. The number of hydrogen-bond acceptors (Lipinski definition) is 4. The molecule has 5 rings (SSSR count). The fraction of sp³-hybridized carbons (Fsp3) is 0.346. The van der Waals surface area contributed by atoms with Crippen molar-refractivity contribution in [2.45, 2.75) is 39.7 Å². The molecule has 0 saturated carbocycles. The van der Waals surface area contributed by atoms with Crippen molar-refractivity contribution < 1.29 is 4.79 Å². The first-order chi connectivity index (χ1) is 15.6. The lowest BCUT2D eigenvalue weighted by Crippen LogP contribution is -2.40. The van der Waals surface area contributed by atoms with Gasteiger partial charge in [-0.2, -0.15) is 0 Å². The van der Waals surface area contributed by atoms with Crippen molar-refractivity contribution in [2.75, 3.05) is 29.9 Å². The third-order valence-electron chi connectivity index (χ3n) is 6.52. The van der Waals surface area contributed by atoms with Crippen LogP contribution in [0.2, 0.25) is 0 Å². The highest BCUT2D eigenvalue weighted by Crippen LogP contribution is 2.31. The van der Waals surface area contributed by atoms with Crippen molar-refractivity contribution in [1.82, 2.24) is 14.9 Å². The maximum atomic E-state index is 13.1. The molecule has 1 saturated heterocycles. The molecular weight excluding hydrogens is 398 g/mol. The summed E-state index contributed by atoms with van der Waals surface area (Å²) in [5, 5.41) is 3.07. The van der Waals surface area contributed by atoms with Crippen molar-refractivity contribution in [2.24, 2.45) is 0 Å². The molecular formula is C26H29N5O. The smallest absolute Gasteiger partial charge is 0.322 e. The number of urea groups is 1. The van der Waals surface area contributed by atoms with Crippen LogP contribution in [-0.2, 0) is 13.0 Å². The van der Waals surface area contributed by atoms with E-state index in [2.05, 4.69) is 36.2 Å². The molecule has 6 heteroatoms. The molecule has 0 atom stereocenters. The molecule has 1 aromatic heterocycles. The number of rotatable bonds is 3. The number of anilines is 2. The molecule has 6 nitrogen and oxygen atoms in total. The van der Waals surface area contributed by atoms with E-state index in [1.807, 2.05) is 41.3 Å². The summed E-state index contributed by atoms with van der Waals surface area (Å²) in [6, 6.07) is 16.1. The van der Waals surface area contributed by atoms with E-state index >= 15 is 0 Å². The summed E-state index contributed by atoms with van der Waals surface area (Å²) in [5.74, 6) is 1.77. The number of nitrogens with zero attached hydrogens (tertiary/aromatic N) is 4. The average molecular weight is 428 g/mol. The summed E-state index contributed by atoms with van der Waals surface area (Å²) >= 11 is 0. The van der Waals surface area contributed by atoms with Gasteiger partial charge < -0.3 is 15.1 Å². The normalized spacial score (nSPS) is 15.6. The maximum absolute atomic E-state index is 13.1. The summed E-state index contributed by atoms with van der Waals surface area (Å²) in [6.07, 6.45) is 3.09. The van der Waals surface area contributed by atoms with Gasteiger partial charge in [-0.3, -0.25) is 0 Å². The molecule has 32 heavy (non-hydrogen) atoms. The minimum atomic E-state index is -0.0709. The van der Waals surface area contributed by atoms with E-state index in [-0.39, 0.29) is 6.03 Å². The van der Waals surface area contributed by atoms with Crippen LogP contribution in [0.4, 0.5) is 16.3 Å². The predicted octanol–water partition coefficient (Wildman–Crippen LogP) is 4.95. The van der Waals surface area contributed by atoms with Crippen molar-refractivity contribution in [1.29, 1.82) is 0 Å². The van der Waals surface area contributed by atoms with Gasteiger partial charge in [-0.05, 0) is 49.9 Å². The fourth-order valence-electron chi connectivity index (χ4n) is 4.50. The van der Waals surface area contributed by atoms with Crippen LogP contribution < -0.4 is 10.2 Å². The number of fused-ring (bicyclic) bond motifs is 1. The van der Waals surface area contributed by atoms with Crippen molar-refractivity contribution in [3.63, 3.8) is 0 Å².